The molecule has 1 aromatic rings. The molecule has 0 atom stereocenters. The molecule has 1 rings (SSSR count). The molecule has 0 saturated carbocycles. The van der Waals surface area contributed by atoms with Gasteiger partial charge in [-0.15, -0.1) is 0 Å². The summed E-state index contributed by atoms with van der Waals surface area (Å²) in [6.07, 6.45) is 2.07. The van der Waals surface area contributed by atoms with E-state index in [0.29, 0.717) is 37.0 Å². The smallest absolute Gasteiger partial charge is 0.221 e. The second-order valence-electron chi connectivity index (χ2n) is 6.17. The van der Waals surface area contributed by atoms with Crippen LogP contribution < -0.4 is 5.32 Å². The SMILES string of the molecule is CC(=O)N(CCC(=O)NCCc1ccc(Cl)cc1)CCC(C)C. The lowest BCUT2D eigenvalue weighted by Gasteiger charge is -2.21. The predicted molar refractivity (Wildman–Crippen MR) is 94.5 cm³/mol. The van der Waals surface area contributed by atoms with Crippen molar-refractivity contribution in [2.75, 3.05) is 19.6 Å². The summed E-state index contributed by atoms with van der Waals surface area (Å²) in [5, 5.41) is 3.61. The molecule has 0 saturated heterocycles. The molecular formula is C18H27ClN2O2. The molecule has 0 aromatic heterocycles. The lowest BCUT2D eigenvalue weighted by molar-refractivity contribution is -0.129. The minimum Gasteiger partial charge on any atom is -0.356 e. The summed E-state index contributed by atoms with van der Waals surface area (Å²) in [5.41, 5.74) is 1.14. The van der Waals surface area contributed by atoms with Gasteiger partial charge in [-0.1, -0.05) is 37.6 Å². The van der Waals surface area contributed by atoms with E-state index in [1.54, 1.807) is 11.8 Å². The maximum Gasteiger partial charge on any atom is 0.221 e. The Balaban J connectivity index is 2.26. The first kappa shape index (κ1) is 19.5. The van der Waals surface area contributed by atoms with Crippen LogP contribution in [0.3, 0.4) is 0 Å². The van der Waals surface area contributed by atoms with Gasteiger partial charge in [0.05, 0.1) is 0 Å². The zero-order valence-corrected chi connectivity index (χ0v) is 15.0. The zero-order chi connectivity index (χ0) is 17.2. The van der Waals surface area contributed by atoms with Gasteiger partial charge in [-0.05, 0) is 36.5 Å². The first-order valence-electron chi connectivity index (χ1n) is 8.15. The molecule has 1 aromatic carbocycles. The van der Waals surface area contributed by atoms with E-state index in [4.69, 9.17) is 11.6 Å². The van der Waals surface area contributed by atoms with Gasteiger partial charge in [0.2, 0.25) is 11.8 Å². The molecule has 128 valence electrons. The standard InChI is InChI=1S/C18H27ClN2O2/c1-14(2)9-12-21(15(3)22)13-10-18(23)20-11-8-16-4-6-17(19)7-5-16/h4-7,14H,8-13H2,1-3H3,(H,20,23). The highest BCUT2D eigenvalue weighted by molar-refractivity contribution is 6.30. The molecule has 0 radical (unpaired) electrons. The Morgan fingerprint density at radius 1 is 1.17 bits per heavy atom. The van der Waals surface area contributed by atoms with E-state index in [9.17, 15) is 9.59 Å². The average molecular weight is 339 g/mol. The predicted octanol–water partition coefficient (Wildman–Crippen LogP) is 3.28. The summed E-state index contributed by atoms with van der Waals surface area (Å²) in [4.78, 5) is 25.2. The summed E-state index contributed by atoms with van der Waals surface area (Å²) in [6.45, 7) is 7.59. The quantitative estimate of drug-likeness (QED) is 0.751. The molecule has 23 heavy (non-hydrogen) atoms. The largest absolute Gasteiger partial charge is 0.356 e. The van der Waals surface area contributed by atoms with Crippen molar-refractivity contribution in [2.45, 2.75) is 40.0 Å². The third-order valence-corrected chi connectivity index (χ3v) is 3.93. The van der Waals surface area contributed by atoms with Crippen LogP contribution in [0, 0.1) is 5.92 Å². The zero-order valence-electron chi connectivity index (χ0n) is 14.3. The van der Waals surface area contributed by atoms with Crippen LogP contribution in [0.2, 0.25) is 5.02 Å². The van der Waals surface area contributed by atoms with E-state index in [1.807, 2.05) is 24.3 Å². The third-order valence-electron chi connectivity index (χ3n) is 3.68. The number of carbonyl (C=O) groups is 2. The Labute approximate surface area is 144 Å². The number of hydrogen-bond donors (Lipinski definition) is 1. The van der Waals surface area contributed by atoms with Gasteiger partial charge in [0.15, 0.2) is 0 Å². The van der Waals surface area contributed by atoms with E-state index in [-0.39, 0.29) is 11.8 Å². The van der Waals surface area contributed by atoms with Gasteiger partial charge in [0.25, 0.3) is 0 Å². The molecule has 2 amide bonds. The number of hydrogen-bond acceptors (Lipinski definition) is 2. The maximum atomic E-state index is 11.9. The monoisotopic (exact) mass is 338 g/mol. The highest BCUT2D eigenvalue weighted by atomic mass is 35.5. The van der Waals surface area contributed by atoms with Crippen LogP contribution in [0.1, 0.15) is 39.2 Å². The molecule has 5 heteroatoms. The van der Waals surface area contributed by atoms with Gasteiger partial charge in [-0.3, -0.25) is 9.59 Å². The van der Waals surface area contributed by atoms with E-state index in [1.165, 1.54) is 0 Å². The summed E-state index contributed by atoms with van der Waals surface area (Å²) in [5.74, 6) is 0.555. The lowest BCUT2D eigenvalue weighted by atomic mass is 10.1. The number of carbonyl (C=O) groups excluding carboxylic acids is 2. The van der Waals surface area contributed by atoms with Gasteiger partial charge in [-0.25, -0.2) is 0 Å². The van der Waals surface area contributed by atoms with Crippen molar-refractivity contribution in [3.8, 4) is 0 Å². The van der Waals surface area contributed by atoms with Gasteiger partial charge < -0.3 is 10.2 Å². The molecule has 0 aliphatic heterocycles. The van der Waals surface area contributed by atoms with Gasteiger partial charge >= 0.3 is 0 Å². The number of nitrogens with zero attached hydrogens (tertiary/aromatic N) is 1. The molecule has 0 aliphatic rings. The molecule has 0 spiro atoms. The van der Waals surface area contributed by atoms with Crippen LogP contribution in [0.25, 0.3) is 0 Å². The number of benzene rings is 1. The normalized spacial score (nSPS) is 10.7. The first-order valence-corrected chi connectivity index (χ1v) is 8.53. The number of halogens is 1. The third kappa shape index (κ3) is 8.60. The van der Waals surface area contributed by atoms with Crippen molar-refractivity contribution >= 4 is 23.4 Å². The highest BCUT2D eigenvalue weighted by Crippen LogP contribution is 2.09. The van der Waals surface area contributed by atoms with Crippen molar-refractivity contribution in [1.82, 2.24) is 10.2 Å². The number of amides is 2. The van der Waals surface area contributed by atoms with Crippen molar-refractivity contribution < 1.29 is 9.59 Å². The van der Waals surface area contributed by atoms with E-state index in [0.717, 1.165) is 18.4 Å². The van der Waals surface area contributed by atoms with E-state index < -0.39 is 0 Å². The Hall–Kier alpha value is -1.55. The molecule has 0 heterocycles. The summed E-state index contributed by atoms with van der Waals surface area (Å²) >= 11 is 5.84. The van der Waals surface area contributed by atoms with Crippen LogP contribution in [0.4, 0.5) is 0 Å². The average Bonchev–Trinajstić information content (AvgIpc) is 2.48. The Bertz CT molecular complexity index is 500. The molecule has 0 aliphatic carbocycles. The van der Waals surface area contributed by atoms with Crippen LogP contribution in [-0.2, 0) is 16.0 Å². The van der Waals surface area contributed by atoms with E-state index >= 15 is 0 Å². The summed E-state index contributed by atoms with van der Waals surface area (Å²) < 4.78 is 0. The van der Waals surface area contributed by atoms with Crippen LogP contribution in [-0.4, -0.2) is 36.3 Å². The fourth-order valence-corrected chi connectivity index (χ4v) is 2.29. The second kappa shape index (κ2) is 10.3. The maximum absolute atomic E-state index is 11.9. The van der Waals surface area contributed by atoms with Crippen molar-refractivity contribution in [1.29, 1.82) is 0 Å². The number of nitrogens with one attached hydrogen (secondary N) is 1. The van der Waals surface area contributed by atoms with E-state index in [2.05, 4.69) is 19.2 Å². The minimum absolute atomic E-state index is 0.0187. The fraction of sp³-hybridized carbons (Fsp3) is 0.556. The minimum atomic E-state index is -0.0187. The number of rotatable bonds is 9. The molecule has 0 unspecified atom stereocenters. The molecule has 0 fully saturated rings. The molecule has 4 nitrogen and oxygen atoms in total. The summed E-state index contributed by atoms with van der Waals surface area (Å²) in [7, 11) is 0. The van der Waals surface area contributed by atoms with Crippen molar-refractivity contribution in [2.24, 2.45) is 5.92 Å². The first-order chi connectivity index (χ1) is 10.9. The van der Waals surface area contributed by atoms with Crippen LogP contribution in [0.5, 0.6) is 0 Å². The second-order valence-corrected chi connectivity index (χ2v) is 6.60. The van der Waals surface area contributed by atoms with Gasteiger partial charge in [0, 0.05) is 38.0 Å². The van der Waals surface area contributed by atoms with Gasteiger partial charge in [-0.2, -0.15) is 0 Å². The van der Waals surface area contributed by atoms with Gasteiger partial charge in [0.1, 0.15) is 0 Å². The Morgan fingerprint density at radius 3 is 2.39 bits per heavy atom. The van der Waals surface area contributed by atoms with Crippen molar-refractivity contribution in [3.05, 3.63) is 34.9 Å². The van der Waals surface area contributed by atoms with Crippen LogP contribution in [0.15, 0.2) is 24.3 Å². The summed E-state index contributed by atoms with van der Waals surface area (Å²) in [6, 6.07) is 7.60. The molecule has 1 N–H and O–H groups in total. The van der Waals surface area contributed by atoms with Crippen molar-refractivity contribution in [3.63, 3.8) is 0 Å². The molecule has 0 bridgehead atoms. The lowest BCUT2D eigenvalue weighted by Crippen LogP contribution is -2.35. The highest BCUT2D eigenvalue weighted by Gasteiger charge is 2.11. The molecular weight excluding hydrogens is 312 g/mol. The fourth-order valence-electron chi connectivity index (χ4n) is 2.16. The van der Waals surface area contributed by atoms with Crippen LogP contribution >= 0.6 is 11.6 Å². The Morgan fingerprint density at radius 2 is 1.83 bits per heavy atom. The topological polar surface area (TPSA) is 49.4 Å². The Kier molecular flexibility index (Phi) is 8.70.